The summed E-state index contributed by atoms with van der Waals surface area (Å²) < 4.78 is 0. The van der Waals surface area contributed by atoms with Crippen molar-refractivity contribution in [3.8, 4) is 0 Å². The lowest BCUT2D eigenvalue weighted by Gasteiger charge is -2.17. The number of aryl methyl sites for hydroxylation is 1. The molecule has 3 N–H and O–H groups in total. The second kappa shape index (κ2) is 7.84. The van der Waals surface area contributed by atoms with Gasteiger partial charge in [-0.1, -0.05) is 42.5 Å². The number of hydrogen-bond donors (Lipinski definition) is 3. The van der Waals surface area contributed by atoms with Crippen molar-refractivity contribution in [2.24, 2.45) is 5.92 Å². The SMILES string of the molecule is CC(CCc1ccccc1)NC(=O)N[C@@H]1C=C[C@H](CO)C1. The Morgan fingerprint density at radius 3 is 2.76 bits per heavy atom. The Labute approximate surface area is 126 Å². The lowest BCUT2D eigenvalue weighted by atomic mass is 10.1. The summed E-state index contributed by atoms with van der Waals surface area (Å²) in [6.07, 6.45) is 6.57. The lowest BCUT2D eigenvalue weighted by molar-refractivity contribution is 0.228. The molecule has 1 aliphatic carbocycles. The summed E-state index contributed by atoms with van der Waals surface area (Å²) in [6, 6.07) is 10.3. The molecule has 2 rings (SSSR count). The maximum Gasteiger partial charge on any atom is 0.315 e. The maximum atomic E-state index is 11.9. The fourth-order valence-corrected chi connectivity index (χ4v) is 2.55. The van der Waals surface area contributed by atoms with Crippen molar-refractivity contribution < 1.29 is 9.90 Å². The first-order valence-electron chi connectivity index (χ1n) is 7.57. The molecule has 4 heteroatoms. The average Bonchev–Trinajstić information content (AvgIpc) is 2.93. The van der Waals surface area contributed by atoms with Crippen LogP contribution in [-0.2, 0) is 6.42 Å². The van der Waals surface area contributed by atoms with Gasteiger partial charge in [0.25, 0.3) is 0 Å². The maximum absolute atomic E-state index is 11.9. The molecule has 0 aromatic heterocycles. The highest BCUT2D eigenvalue weighted by molar-refractivity contribution is 5.74. The highest BCUT2D eigenvalue weighted by atomic mass is 16.3. The Kier molecular flexibility index (Phi) is 5.81. The van der Waals surface area contributed by atoms with Gasteiger partial charge in [-0.3, -0.25) is 0 Å². The van der Waals surface area contributed by atoms with Gasteiger partial charge in [-0.2, -0.15) is 0 Å². The van der Waals surface area contributed by atoms with Crippen molar-refractivity contribution in [3.63, 3.8) is 0 Å². The monoisotopic (exact) mass is 288 g/mol. The van der Waals surface area contributed by atoms with Gasteiger partial charge in [0, 0.05) is 24.6 Å². The van der Waals surface area contributed by atoms with E-state index >= 15 is 0 Å². The van der Waals surface area contributed by atoms with Crippen LogP contribution < -0.4 is 10.6 Å². The second-order valence-electron chi connectivity index (χ2n) is 5.71. The largest absolute Gasteiger partial charge is 0.396 e. The number of nitrogens with one attached hydrogen (secondary N) is 2. The van der Waals surface area contributed by atoms with Crippen LogP contribution in [0.5, 0.6) is 0 Å². The molecule has 0 heterocycles. The van der Waals surface area contributed by atoms with Gasteiger partial charge in [-0.05, 0) is 31.7 Å². The Morgan fingerprint density at radius 1 is 1.33 bits per heavy atom. The minimum atomic E-state index is -0.135. The minimum absolute atomic E-state index is 0.0310. The van der Waals surface area contributed by atoms with E-state index in [4.69, 9.17) is 5.11 Å². The molecule has 0 radical (unpaired) electrons. The first kappa shape index (κ1) is 15.6. The zero-order valence-electron chi connectivity index (χ0n) is 12.5. The summed E-state index contributed by atoms with van der Waals surface area (Å²) in [5.41, 5.74) is 1.29. The van der Waals surface area contributed by atoms with E-state index in [1.54, 1.807) is 0 Å². The van der Waals surface area contributed by atoms with Crippen LogP contribution in [-0.4, -0.2) is 29.8 Å². The van der Waals surface area contributed by atoms with Gasteiger partial charge in [0.1, 0.15) is 0 Å². The molecule has 1 aromatic rings. The summed E-state index contributed by atoms with van der Waals surface area (Å²) in [5, 5.41) is 14.9. The number of hydrogen-bond acceptors (Lipinski definition) is 2. The quantitative estimate of drug-likeness (QED) is 0.703. The van der Waals surface area contributed by atoms with Gasteiger partial charge in [0.05, 0.1) is 0 Å². The number of rotatable bonds is 6. The first-order chi connectivity index (χ1) is 10.2. The summed E-state index contributed by atoms with van der Waals surface area (Å²) in [4.78, 5) is 11.9. The third kappa shape index (κ3) is 5.23. The van der Waals surface area contributed by atoms with Gasteiger partial charge in [0.15, 0.2) is 0 Å². The summed E-state index contributed by atoms with van der Waals surface area (Å²) in [5.74, 6) is 0.172. The van der Waals surface area contributed by atoms with Gasteiger partial charge in [0.2, 0.25) is 0 Å². The number of benzene rings is 1. The topological polar surface area (TPSA) is 61.4 Å². The molecule has 3 atom stereocenters. The molecular weight excluding hydrogens is 264 g/mol. The fourth-order valence-electron chi connectivity index (χ4n) is 2.55. The molecule has 0 bridgehead atoms. The molecule has 114 valence electrons. The molecule has 0 saturated heterocycles. The van der Waals surface area contributed by atoms with Crippen molar-refractivity contribution in [1.29, 1.82) is 0 Å². The van der Waals surface area contributed by atoms with Crippen LogP contribution in [0.1, 0.15) is 25.3 Å². The number of amides is 2. The van der Waals surface area contributed by atoms with E-state index in [-0.39, 0.29) is 30.6 Å². The first-order valence-corrected chi connectivity index (χ1v) is 7.57. The van der Waals surface area contributed by atoms with Crippen LogP contribution in [0.4, 0.5) is 4.79 Å². The van der Waals surface area contributed by atoms with Gasteiger partial charge in [-0.15, -0.1) is 0 Å². The average molecular weight is 288 g/mol. The molecule has 21 heavy (non-hydrogen) atoms. The lowest BCUT2D eigenvalue weighted by Crippen LogP contribution is -2.44. The predicted molar refractivity (Wildman–Crippen MR) is 84.0 cm³/mol. The van der Waals surface area contributed by atoms with Crippen molar-refractivity contribution in [2.75, 3.05) is 6.61 Å². The van der Waals surface area contributed by atoms with Crippen LogP contribution in [0.25, 0.3) is 0 Å². The molecule has 0 aliphatic heterocycles. The van der Waals surface area contributed by atoms with Crippen LogP contribution in [0, 0.1) is 5.92 Å². The van der Waals surface area contributed by atoms with Crippen molar-refractivity contribution in [2.45, 2.75) is 38.3 Å². The zero-order chi connectivity index (χ0) is 15.1. The van der Waals surface area contributed by atoms with E-state index in [1.807, 2.05) is 37.3 Å². The van der Waals surface area contributed by atoms with Gasteiger partial charge < -0.3 is 15.7 Å². The predicted octanol–water partition coefficient (Wildman–Crippen LogP) is 2.24. The minimum Gasteiger partial charge on any atom is -0.396 e. The number of carbonyl (C=O) groups excluding carboxylic acids is 1. The van der Waals surface area contributed by atoms with Crippen molar-refractivity contribution in [1.82, 2.24) is 10.6 Å². The fraction of sp³-hybridized carbons (Fsp3) is 0.471. The summed E-state index contributed by atoms with van der Waals surface area (Å²) in [6.45, 7) is 2.16. The summed E-state index contributed by atoms with van der Waals surface area (Å²) >= 11 is 0. The van der Waals surface area contributed by atoms with Gasteiger partial charge >= 0.3 is 6.03 Å². The molecule has 0 spiro atoms. The van der Waals surface area contributed by atoms with E-state index in [0.29, 0.717) is 0 Å². The summed E-state index contributed by atoms with van der Waals surface area (Å²) in [7, 11) is 0. The Morgan fingerprint density at radius 2 is 2.10 bits per heavy atom. The van der Waals surface area contributed by atoms with Crippen LogP contribution in [0.3, 0.4) is 0 Å². The third-order valence-corrected chi connectivity index (χ3v) is 3.81. The van der Waals surface area contributed by atoms with E-state index in [0.717, 1.165) is 19.3 Å². The second-order valence-corrected chi connectivity index (χ2v) is 5.71. The zero-order valence-corrected chi connectivity index (χ0v) is 12.5. The Balaban J connectivity index is 1.67. The number of aliphatic hydroxyl groups is 1. The van der Waals surface area contributed by atoms with E-state index in [9.17, 15) is 4.79 Å². The van der Waals surface area contributed by atoms with E-state index in [1.165, 1.54) is 5.56 Å². The Bertz CT molecular complexity index is 473. The van der Waals surface area contributed by atoms with Crippen LogP contribution >= 0.6 is 0 Å². The van der Waals surface area contributed by atoms with Crippen LogP contribution in [0.2, 0.25) is 0 Å². The van der Waals surface area contributed by atoms with Crippen molar-refractivity contribution >= 4 is 6.03 Å². The Hall–Kier alpha value is -1.81. The molecular formula is C17H24N2O2. The van der Waals surface area contributed by atoms with Gasteiger partial charge in [-0.25, -0.2) is 4.79 Å². The normalized spacial score (nSPS) is 22.0. The van der Waals surface area contributed by atoms with Crippen molar-refractivity contribution in [3.05, 3.63) is 48.0 Å². The molecule has 0 fully saturated rings. The molecule has 1 aromatic carbocycles. The molecule has 1 aliphatic rings. The third-order valence-electron chi connectivity index (χ3n) is 3.81. The number of aliphatic hydroxyl groups excluding tert-OH is 1. The van der Waals surface area contributed by atoms with E-state index in [2.05, 4.69) is 22.8 Å². The van der Waals surface area contributed by atoms with Crippen LogP contribution in [0.15, 0.2) is 42.5 Å². The molecule has 2 amide bonds. The highest BCUT2D eigenvalue weighted by Crippen LogP contribution is 2.16. The molecule has 4 nitrogen and oxygen atoms in total. The number of urea groups is 1. The molecule has 0 saturated carbocycles. The standard InChI is InChI=1S/C17H24N2O2/c1-13(7-8-14-5-3-2-4-6-14)18-17(21)19-16-10-9-15(11-16)12-20/h2-6,9-10,13,15-16,20H,7-8,11-12H2,1H3,(H2,18,19,21)/t13?,15-,16+/m0/s1. The smallest absolute Gasteiger partial charge is 0.315 e. The number of carbonyl (C=O) groups is 1. The highest BCUT2D eigenvalue weighted by Gasteiger charge is 2.20. The molecule has 1 unspecified atom stereocenters. The van der Waals surface area contributed by atoms with E-state index < -0.39 is 0 Å².